The van der Waals surface area contributed by atoms with Gasteiger partial charge in [0.05, 0.1) is 13.7 Å². The Morgan fingerprint density at radius 3 is 2.41 bits per heavy atom. The fourth-order valence-corrected chi connectivity index (χ4v) is 4.22. The summed E-state index contributed by atoms with van der Waals surface area (Å²) in [4.78, 5) is 2.48. The average molecular weight is 369 g/mol. The monoisotopic (exact) mass is 368 g/mol. The molecule has 0 saturated carbocycles. The van der Waals surface area contributed by atoms with E-state index in [-0.39, 0.29) is 0 Å². The Morgan fingerprint density at radius 2 is 1.78 bits per heavy atom. The number of likely N-dealkylation sites (N-methyl/N-ethyl adjacent to an activating group) is 1. The maximum absolute atomic E-state index is 5.93. The first-order chi connectivity index (χ1) is 13.0. The second-order valence-corrected chi connectivity index (χ2v) is 7.74. The van der Waals surface area contributed by atoms with Crippen molar-refractivity contribution in [2.24, 2.45) is 11.7 Å². The van der Waals surface area contributed by atoms with Crippen LogP contribution < -0.4 is 15.2 Å². The van der Waals surface area contributed by atoms with Crippen LogP contribution in [-0.4, -0.2) is 38.8 Å². The summed E-state index contributed by atoms with van der Waals surface area (Å²) >= 11 is 0. The quantitative estimate of drug-likeness (QED) is 0.744. The van der Waals surface area contributed by atoms with Crippen molar-refractivity contribution in [2.75, 3.05) is 33.9 Å². The molecule has 2 aromatic carbocycles. The first-order valence-electron chi connectivity index (χ1n) is 9.86. The van der Waals surface area contributed by atoms with Gasteiger partial charge in [-0.2, -0.15) is 0 Å². The van der Waals surface area contributed by atoms with Crippen molar-refractivity contribution < 1.29 is 9.47 Å². The number of methoxy groups -OCH3 is 1. The lowest BCUT2D eigenvalue weighted by Crippen LogP contribution is -2.37. The molecule has 0 spiro atoms. The molecule has 1 heterocycles. The molecule has 4 heteroatoms. The number of hydrogen-bond acceptors (Lipinski definition) is 4. The van der Waals surface area contributed by atoms with E-state index in [0.717, 1.165) is 24.5 Å². The third-order valence-corrected chi connectivity index (χ3v) is 5.46. The molecular weight excluding hydrogens is 336 g/mol. The van der Waals surface area contributed by atoms with Crippen LogP contribution >= 0.6 is 0 Å². The van der Waals surface area contributed by atoms with Gasteiger partial charge in [-0.05, 0) is 66.9 Å². The lowest BCUT2D eigenvalue weighted by molar-refractivity contribution is 0.171. The highest BCUT2D eigenvalue weighted by atomic mass is 16.5. The van der Waals surface area contributed by atoms with Crippen molar-refractivity contribution in [3.05, 3.63) is 59.2 Å². The molecule has 1 aliphatic heterocycles. The predicted octanol–water partition coefficient (Wildman–Crippen LogP) is 4.20. The molecule has 0 aromatic heterocycles. The summed E-state index contributed by atoms with van der Waals surface area (Å²) in [5.74, 6) is 2.72. The fraction of sp³-hybridized carbons (Fsp3) is 0.478. The molecule has 1 aliphatic rings. The molecule has 0 fully saturated rings. The summed E-state index contributed by atoms with van der Waals surface area (Å²) in [6.07, 6.45) is 0.874. The third kappa shape index (κ3) is 4.28. The molecule has 0 amide bonds. The van der Waals surface area contributed by atoms with Gasteiger partial charge in [-0.25, -0.2) is 0 Å². The van der Waals surface area contributed by atoms with Crippen molar-refractivity contribution in [1.82, 2.24) is 4.90 Å². The van der Waals surface area contributed by atoms with Crippen molar-refractivity contribution in [1.29, 1.82) is 0 Å². The molecular formula is C23H32N2O2. The van der Waals surface area contributed by atoms with E-state index in [1.807, 2.05) is 12.1 Å². The van der Waals surface area contributed by atoms with Gasteiger partial charge in [0.25, 0.3) is 0 Å². The number of fused-ring (bicyclic) bond motifs is 1. The molecule has 0 bridgehead atoms. The fourth-order valence-electron chi connectivity index (χ4n) is 4.22. The van der Waals surface area contributed by atoms with Crippen LogP contribution in [0.4, 0.5) is 0 Å². The van der Waals surface area contributed by atoms with E-state index >= 15 is 0 Å². The van der Waals surface area contributed by atoms with Gasteiger partial charge in [0.15, 0.2) is 0 Å². The van der Waals surface area contributed by atoms with Crippen molar-refractivity contribution >= 4 is 0 Å². The molecule has 2 N–H and O–H groups in total. The minimum absolute atomic E-state index is 0.351. The molecule has 27 heavy (non-hydrogen) atoms. The van der Waals surface area contributed by atoms with Crippen molar-refractivity contribution in [3.8, 4) is 11.5 Å². The van der Waals surface area contributed by atoms with E-state index in [0.29, 0.717) is 31.0 Å². The largest absolute Gasteiger partial charge is 0.497 e. The zero-order chi connectivity index (χ0) is 19.4. The van der Waals surface area contributed by atoms with Gasteiger partial charge in [-0.1, -0.05) is 32.0 Å². The van der Waals surface area contributed by atoms with Gasteiger partial charge in [-0.3, -0.25) is 4.90 Å². The molecule has 0 saturated heterocycles. The standard InChI is InChI=1S/C23H32N2O2/c1-16(2)23-21-14-19(27-13-5-12-24)10-11-20(21)22(15-25(23)3)17-6-8-18(26-4)9-7-17/h6-11,14,16,22-23H,5,12-13,15,24H2,1-4H3. The molecule has 3 rings (SSSR count). The van der Waals surface area contributed by atoms with Gasteiger partial charge in [0, 0.05) is 18.5 Å². The first-order valence-corrected chi connectivity index (χ1v) is 9.86. The Balaban J connectivity index is 1.97. The lowest BCUT2D eigenvalue weighted by atomic mass is 9.78. The van der Waals surface area contributed by atoms with Gasteiger partial charge in [0.2, 0.25) is 0 Å². The second-order valence-electron chi connectivity index (χ2n) is 7.74. The van der Waals surface area contributed by atoms with Crippen LogP contribution in [0.1, 0.15) is 48.9 Å². The summed E-state index contributed by atoms with van der Waals surface area (Å²) < 4.78 is 11.3. The smallest absolute Gasteiger partial charge is 0.119 e. The third-order valence-electron chi connectivity index (χ3n) is 5.46. The molecule has 2 unspecified atom stereocenters. The Bertz CT molecular complexity index is 743. The second kappa shape index (κ2) is 8.77. The zero-order valence-electron chi connectivity index (χ0n) is 16.9. The van der Waals surface area contributed by atoms with E-state index < -0.39 is 0 Å². The average Bonchev–Trinajstić information content (AvgIpc) is 2.67. The predicted molar refractivity (Wildman–Crippen MR) is 111 cm³/mol. The van der Waals surface area contributed by atoms with E-state index in [4.69, 9.17) is 15.2 Å². The van der Waals surface area contributed by atoms with Crippen LogP contribution in [0, 0.1) is 5.92 Å². The summed E-state index contributed by atoms with van der Waals surface area (Å²) in [5, 5.41) is 0. The Kier molecular flexibility index (Phi) is 6.40. The molecule has 2 aromatic rings. The van der Waals surface area contributed by atoms with Gasteiger partial charge >= 0.3 is 0 Å². The van der Waals surface area contributed by atoms with Crippen LogP contribution in [0.3, 0.4) is 0 Å². The van der Waals surface area contributed by atoms with Crippen LogP contribution in [0.25, 0.3) is 0 Å². The van der Waals surface area contributed by atoms with Gasteiger partial charge in [-0.15, -0.1) is 0 Å². The Hall–Kier alpha value is -2.04. The number of benzene rings is 2. The van der Waals surface area contributed by atoms with Crippen LogP contribution in [0.15, 0.2) is 42.5 Å². The van der Waals surface area contributed by atoms with Crippen LogP contribution in [0.2, 0.25) is 0 Å². The molecule has 2 atom stereocenters. The van der Waals surface area contributed by atoms with Gasteiger partial charge < -0.3 is 15.2 Å². The van der Waals surface area contributed by atoms with E-state index in [2.05, 4.69) is 56.1 Å². The SMILES string of the molecule is COc1ccc(C2CN(C)C(C(C)C)c3cc(OCCCN)ccc32)cc1. The number of hydrogen-bond donors (Lipinski definition) is 1. The number of nitrogens with zero attached hydrogens (tertiary/aromatic N) is 1. The van der Waals surface area contributed by atoms with Crippen molar-refractivity contribution in [3.63, 3.8) is 0 Å². The summed E-state index contributed by atoms with van der Waals surface area (Å²) in [6.45, 7) is 6.91. The molecule has 0 radical (unpaired) electrons. The minimum atomic E-state index is 0.351. The number of nitrogens with two attached hydrogens (primary N) is 1. The Morgan fingerprint density at radius 1 is 1.07 bits per heavy atom. The molecule has 4 nitrogen and oxygen atoms in total. The summed E-state index contributed by atoms with van der Waals surface area (Å²) in [7, 11) is 3.93. The zero-order valence-corrected chi connectivity index (χ0v) is 16.9. The van der Waals surface area contributed by atoms with Crippen molar-refractivity contribution in [2.45, 2.75) is 32.2 Å². The number of rotatable bonds is 7. The van der Waals surface area contributed by atoms with Crippen LogP contribution in [0.5, 0.6) is 11.5 Å². The lowest BCUT2D eigenvalue weighted by Gasteiger charge is -2.41. The first kappa shape index (κ1) is 19.7. The summed E-state index contributed by atoms with van der Waals surface area (Å²) in [5.41, 5.74) is 9.70. The van der Waals surface area contributed by atoms with Crippen LogP contribution in [-0.2, 0) is 0 Å². The molecule has 146 valence electrons. The normalized spacial score (nSPS) is 19.8. The van der Waals surface area contributed by atoms with E-state index in [1.165, 1.54) is 16.7 Å². The highest BCUT2D eigenvalue weighted by molar-refractivity contribution is 5.47. The minimum Gasteiger partial charge on any atom is -0.497 e. The highest BCUT2D eigenvalue weighted by Gasteiger charge is 2.33. The maximum atomic E-state index is 5.93. The molecule has 0 aliphatic carbocycles. The highest BCUT2D eigenvalue weighted by Crippen LogP contribution is 2.43. The van der Waals surface area contributed by atoms with Gasteiger partial charge in [0.1, 0.15) is 11.5 Å². The Labute approximate surface area is 163 Å². The maximum Gasteiger partial charge on any atom is 0.119 e. The van der Waals surface area contributed by atoms with E-state index in [1.54, 1.807) is 7.11 Å². The van der Waals surface area contributed by atoms with E-state index in [9.17, 15) is 0 Å². The topological polar surface area (TPSA) is 47.7 Å². The number of ether oxygens (including phenoxy) is 2. The summed E-state index contributed by atoms with van der Waals surface area (Å²) in [6, 6.07) is 15.5.